The van der Waals surface area contributed by atoms with Crippen LogP contribution in [0.3, 0.4) is 0 Å². The molecule has 138 valence electrons. The Kier molecular flexibility index (Phi) is 6.28. The normalized spacial score (nSPS) is 20.6. The molecule has 0 amide bonds. The number of nitrogens with zero attached hydrogens (tertiary/aromatic N) is 3. The monoisotopic (exact) mass is 346 g/mol. The van der Waals surface area contributed by atoms with Crippen LogP contribution in [0.2, 0.25) is 0 Å². The van der Waals surface area contributed by atoms with Crippen molar-refractivity contribution < 1.29 is 9.53 Å². The zero-order chi connectivity index (χ0) is 18.6. The van der Waals surface area contributed by atoms with E-state index in [-0.39, 0.29) is 17.8 Å². The maximum atomic E-state index is 11.9. The summed E-state index contributed by atoms with van der Waals surface area (Å²) in [5, 5.41) is 3.44. The molecular weight excluding hydrogens is 316 g/mol. The molecule has 0 radical (unpaired) electrons. The number of carbonyl (C=O) groups excluding carboxylic acids is 1. The van der Waals surface area contributed by atoms with E-state index in [1.165, 1.54) is 23.9 Å². The van der Waals surface area contributed by atoms with Gasteiger partial charge in [-0.2, -0.15) is 0 Å². The summed E-state index contributed by atoms with van der Waals surface area (Å²) in [4.78, 5) is 20.6. The fraction of sp³-hybridized carbons (Fsp3) is 0.579. The number of methoxy groups -OCH3 is 1. The Morgan fingerprint density at radius 3 is 2.72 bits per heavy atom. The molecule has 6 nitrogen and oxygen atoms in total. The van der Waals surface area contributed by atoms with Gasteiger partial charge in [0.1, 0.15) is 0 Å². The van der Waals surface area contributed by atoms with E-state index in [0.717, 1.165) is 12.5 Å². The summed E-state index contributed by atoms with van der Waals surface area (Å²) in [7, 11) is 7.33. The Hall–Kier alpha value is -2.24. The van der Waals surface area contributed by atoms with Crippen LogP contribution < -0.4 is 10.2 Å². The van der Waals surface area contributed by atoms with Crippen LogP contribution in [0.5, 0.6) is 0 Å². The Balaban J connectivity index is 2.06. The second-order valence-corrected chi connectivity index (χ2v) is 6.94. The van der Waals surface area contributed by atoms with Crippen LogP contribution in [0, 0.1) is 18.8 Å². The van der Waals surface area contributed by atoms with Gasteiger partial charge in [0.25, 0.3) is 0 Å². The number of benzene rings is 1. The lowest BCUT2D eigenvalue weighted by Crippen LogP contribution is -2.40. The van der Waals surface area contributed by atoms with E-state index in [2.05, 4.69) is 66.3 Å². The quantitative estimate of drug-likeness (QED) is 0.512. The minimum Gasteiger partial charge on any atom is -0.469 e. The second-order valence-electron chi connectivity index (χ2n) is 6.94. The van der Waals surface area contributed by atoms with Gasteiger partial charge in [0, 0.05) is 46.5 Å². The van der Waals surface area contributed by atoms with Gasteiger partial charge in [-0.1, -0.05) is 19.1 Å². The predicted octanol–water partition coefficient (Wildman–Crippen LogP) is 1.88. The first-order valence-electron chi connectivity index (χ1n) is 8.67. The third-order valence-corrected chi connectivity index (χ3v) is 4.79. The van der Waals surface area contributed by atoms with Gasteiger partial charge >= 0.3 is 5.97 Å². The molecule has 0 saturated carbocycles. The lowest BCUT2D eigenvalue weighted by atomic mass is 9.99. The van der Waals surface area contributed by atoms with Gasteiger partial charge in [-0.15, -0.1) is 0 Å². The number of rotatable bonds is 4. The maximum Gasteiger partial charge on any atom is 0.310 e. The van der Waals surface area contributed by atoms with E-state index in [9.17, 15) is 4.79 Å². The van der Waals surface area contributed by atoms with Crippen LogP contribution >= 0.6 is 0 Å². The third-order valence-electron chi connectivity index (χ3n) is 4.79. The second kappa shape index (κ2) is 8.23. The van der Waals surface area contributed by atoms with Crippen LogP contribution in [0.1, 0.15) is 18.1 Å². The van der Waals surface area contributed by atoms with Crippen LogP contribution in [-0.4, -0.2) is 58.2 Å². The number of anilines is 1. The molecule has 1 heterocycles. The molecule has 1 aliphatic rings. The zero-order valence-corrected chi connectivity index (χ0v) is 16.2. The number of aliphatic imine (C=N–C) groups is 1. The largest absolute Gasteiger partial charge is 0.469 e. The lowest BCUT2D eigenvalue weighted by Gasteiger charge is -2.23. The fourth-order valence-corrected chi connectivity index (χ4v) is 3.34. The van der Waals surface area contributed by atoms with Crippen molar-refractivity contribution in [3.63, 3.8) is 0 Å². The molecule has 0 spiro atoms. The number of guanidine groups is 1. The number of esters is 1. The number of hydrogen-bond donors (Lipinski definition) is 1. The molecule has 1 aliphatic heterocycles. The number of ether oxygens (including phenoxy) is 1. The van der Waals surface area contributed by atoms with E-state index < -0.39 is 0 Å². The molecule has 1 saturated heterocycles. The van der Waals surface area contributed by atoms with E-state index in [0.29, 0.717) is 13.1 Å². The number of aryl methyl sites for hydroxylation is 1. The first kappa shape index (κ1) is 19.1. The van der Waals surface area contributed by atoms with Crippen molar-refractivity contribution >= 4 is 17.6 Å². The molecule has 6 heteroatoms. The van der Waals surface area contributed by atoms with E-state index in [1.807, 2.05) is 0 Å². The fourth-order valence-electron chi connectivity index (χ4n) is 3.34. The highest BCUT2D eigenvalue weighted by Gasteiger charge is 2.36. The maximum absolute atomic E-state index is 11.9. The molecule has 2 rings (SSSR count). The van der Waals surface area contributed by atoms with Gasteiger partial charge in [0.05, 0.1) is 13.0 Å². The summed E-state index contributed by atoms with van der Waals surface area (Å²) in [6.07, 6.45) is 0. The van der Waals surface area contributed by atoms with Crippen molar-refractivity contribution in [2.75, 3.05) is 46.2 Å². The van der Waals surface area contributed by atoms with Crippen molar-refractivity contribution in [2.45, 2.75) is 20.4 Å². The molecule has 0 bridgehead atoms. The van der Waals surface area contributed by atoms with Crippen LogP contribution in [0.25, 0.3) is 0 Å². The number of likely N-dealkylation sites (tertiary alicyclic amines) is 1. The first-order chi connectivity index (χ1) is 11.9. The lowest BCUT2D eigenvalue weighted by molar-refractivity contribution is -0.145. The van der Waals surface area contributed by atoms with Gasteiger partial charge in [-0.25, -0.2) is 0 Å². The van der Waals surface area contributed by atoms with Gasteiger partial charge in [0.15, 0.2) is 5.96 Å². The highest BCUT2D eigenvalue weighted by atomic mass is 16.5. The van der Waals surface area contributed by atoms with E-state index in [1.54, 1.807) is 7.05 Å². The minimum atomic E-state index is -0.140. The highest BCUT2D eigenvalue weighted by Crippen LogP contribution is 2.24. The molecule has 2 atom stereocenters. The molecule has 1 fully saturated rings. The minimum absolute atomic E-state index is 0.0970. The van der Waals surface area contributed by atoms with Gasteiger partial charge in [-0.05, 0) is 30.0 Å². The van der Waals surface area contributed by atoms with Crippen molar-refractivity contribution in [3.8, 4) is 0 Å². The molecule has 2 unspecified atom stereocenters. The number of carbonyl (C=O) groups is 1. The summed E-state index contributed by atoms with van der Waals surface area (Å²) >= 11 is 0. The number of hydrogen-bond acceptors (Lipinski definition) is 4. The molecular formula is C19H30N4O2. The van der Waals surface area contributed by atoms with Crippen LogP contribution in [0.4, 0.5) is 5.69 Å². The van der Waals surface area contributed by atoms with Crippen LogP contribution in [0.15, 0.2) is 23.2 Å². The standard InChI is InChI=1S/C19H30N4O2/c1-13-7-8-15(17(9-13)22(4)5)10-21-19(20-3)23-11-14(2)16(12-23)18(24)25-6/h7-9,14,16H,10-12H2,1-6H3,(H,20,21). The summed E-state index contributed by atoms with van der Waals surface area (Å²) in [5.41, 5.74) is 3.66. The van der Waals surface area contributed by atoms with E-state index >= 15 is 0 Å². The summed E-state index contributed by atoms with van der Waals surface area (Å²) in [6, 6.07) is 6.46. The zero-order valence-electron chi connectivity index (χ0n) is 16.2. The SMILES string of the molecule is CN=C(NCc1ccc(C)cc1N(C)C)N1CC(C)C(C(=O)OC)C1. The average molecular weight is 346 g/mol. The molecule has 25 heavy (non-hydrogen) atoms. The van der Waals surface area contributed by atoms with E-state index in [4.69, 9.17) is 4.74 Å². The predicted molar refractivity (Wildman–Crippen MR) is 102 cm³/mol. The molecule has 0 aromatic heterocycles. The third kappa shape index (κ3) is 4.44. The van der Waals surface area contributed by atoms with Crippen molar-refractivity contribution in [1.82, 2.24) is 10.2 Å². The average Bonchev–Trinajstić information content (AvgIpc) is 2.97. The highest BCUT2D eigenvalue weighted by molar-refractivity contribution is 5.82. The first-order valence-corrected chi connectivity index (χ1v) is 8.67. The van der Waals surface area contributed by atoms with Crippen molar-refractivity contribution in [3.05, 3.63) is 29.3 Å². The molecule has 1 aromatic rings. The number of nitrogens with one attached hydrogen (secondary N) is 1. The molecule has 0 aliphatic carbocycles. The topological polar surface area (TPSA) is 57.2 Å². The van der Waals surface area contributed by atoms with Crippen LogP contribution in [-0.2, 0) is 16.1 Å². The Morgan fingerprint density at radius 2 is 2.12 bits per heavy atom. The Morgan fingerprint density at radius 1 is 1.40 bits per heavy atom. The molecule has 1 aromatic carbocycles. The Labute approximate surface area is 150 Å². The van der Waals surface area contributed by atoms with Gasteiger partial charge in [0.2, 0.25) is 0 Å². The summed E-state index contributed by atoms with van der Waals surface area (Å²) in [6.45, 7) is 6.31. The van der Waals surface area contributed by atoms with Crippen molar-refractivity contribution in [1.29, 1.82) is 0 Å². The summed E-state index contributed by atoms with van der Waals surface area (Å²) in [5.74, 6) is 0.838. The van der Waals surface area contributed by atoms with Crippen molar-refractivity contribution in [2.24, 2.45) is 16.8 Å². The molecule has 1 N–H and O–H groups in total. The van der Waals surface area contributed by atoms with Gasteiger partial charge < -0.3 is 19.9 Å². The van der Waals surface area contributed by atoms with Gasteiger partial charge in [-0.3, -0.25) is 9.79 Å². The summed E-state index contributed by atoms with van der Waals surface area (Å²) < 4.78 is 4.92. The smallest absolute Gasteiger partial charge is 0.310 e. The Bertz CT molecular complexity index is 642.